The van der Waals surface area contributed by atoms with Gasteiger partial charge in [-0.05, 0) is 53.0 Å². The zero-order valence-corrected chi connectivity index (χ0v) is 14.3. The highest BCUT2D eigenvalue weighted by Gasteiger charge is 2.21. The Labute approximate surface area is 131 Å². The van der Waals surface area contributed by atoms with Crippen LogP contribution in [-0.4, -0.2) is 15.5 Å². The molecule has 1 unspecified atom stereocenters. The first-order valence-electron chi connectivity index (χ1n) is 5.97. The van der Waals surface area contributed by atoms with Crippen LogP contribution >= 0.6 is 27.3 Å². The van der Waals surface area contributed by atoms with Gasteiger partial charge in [0.15, 0.2) is 4.21 Å². The van der Waals surface area contributed by atoms with E-state index in [0.717, 1.165) is 5.56 Å². The Balaban J connectivity index is 2.38. The van der Waals surface area contributed by atoms with Gasteiger partial charge >= 0.3 is 0 Å². The largest absolute Gasteiger partial charge is 0.313 e. The van der Waals surface area contributed by atoms with Crippen molar-refractivity contribution in [2.75, 3.05) is 11.8 Å². The van der Waals surface area contributed by atoms with E-state index in [0.29, 0.717) is 10.2 Å². The van der Waals surface area contributed by atoms with E-state index in [-0.39, 0.29) is 10.3 Å². The molecule has 2 rings (SSSR count). The fraction of sp³-hybridized carbons (Fsp3) is 0.231. The predicted octanol–water partition coefficient (Wildman–Crippen LogP) is 3.59. The fourth-order valence-corrected chi connectivity index (χ4v) is 5.21. The van der Waals surface area contributed by atoms with Gasteiger partial charge in [0.2, 0.25) is 0 Å². The maximum Gasteiger partial charge on any atom is 0.272 e. The average Bonchev–Trinajstić information content (AvgIpc) is 2.85. The van der Waals surface area contributed by atoms with Crippen molar-refractivity contribution in [2.45, 2.75) is 17.2 Å². The molecule has 108 valence electrons. The van der Waals surface area contributed by atoms with Crippen LogP contribution in [0.1, 0.15) is 18.5 Å². The SMILES string of the molecule is CNC(C)c1ccccc1NS(=O)(=O)c1sccc1Br. The number of hydrogen-bond donors (Lipinski definition) is 2. The second-order valence-corrected chi connectivity index (χ2v) is 7.91. The Morgan fingerprint density at radius 3 is 2.55 bits per heavy atom. The Morgan fingerprint density at radius 2 is 1.95 bits per heavy atom. The van der Waals surface area contributed by atoms with Crippen LogP contribution in [0.15, 0.2) is 44.4 Å². The standard InChI is InChI=1S/C13H15BrN2O2S2/c1-9(15-2)10-5-3-4-6-12(10)16-20(17,18)13-11(14)7-8-19-13/h3-9,15-16H,1-2H3. The minimum atomic E-state index is -3.57. The van der Waals surface area contributed by atoms with E-state index >= 15 is 0 Å². The van der Waals surface area contributed by atoms with Crippen molar-refractivity contribution in [1.82, 2.24) is 5.32 Å². The Kier molecular flexibility index (Phi) is 4.85. The third-order valence-electron chi connectivity index (χ3n) is 2.93. The molecule has 2 aromatic rings. The van der Waals surface area contributed by atoms with Gasteiger partial charge in [-0.25, -0.2) is 8.42 Å². The lowest BCUT2D eigenvalue weighted by Crippen LogP contribution is -2.18. The topological polar surface area (TPSA) is 58.2 Å². The minimum absolute atomic E-state index is 0.0562. The molecule has 1 heterocycles. The summed E-state index contributed by atoms with van der Waals surface area (Å²) in [5, 5.41) is 4.85. The molecule has 0 saturated carbocycles. The van der Waals surface area contributed by atoms with Crippen molar-refractivity contribution in [3.05, 3.63) is 45.7 Å². The number of hydrogen-bond acceptors (Lipinski definition) is 4. The van der Waals surface area contributed by atoms with Gasteiger partial charge in [0, 0.05) is 10.5 Å². The molecule has 1 aromatic heterocycles. The van der Waals surface area contributed by atoms with Crippen molar-refractivity contribution in [2.24, 2.45) is 0 Å². The summed E-state index contributed by atoms with van der Waals surface area (Å²) in [6, 6.07) is 9.15. The summed E-state index contributed by atoms with van der Waals surface area (Å²) in [6.07, 6.45) is 0. The predicted molar refractivity (Wildman–Crippen MR) is 86.7 cm³/mol. The highest BCUT2D eigenvalue weighted by atomic mass is 79.9. The second-order valence-electron chi connectivity index (χ2n) is 4.26. The molecule has 1 aromatic carbocycles. The fourth-order valence-electron chi connectivity index (χ4n) is 1.79. The minimum Gasteiger partial charge on any atom is -0.313 e. The molecule has 0 fully saturated rings. The molecule has 0 aliphatic rings. The highest BCUT2D eigenvalue weighted by molar-refractivity contribution is 9.10. The van der Waals surface area contributed by atoms with Gasteiger partial charge in [-0.2, -0.15) is 0 Å². The van der Waals surface area contributed by atoms with Crippen molar-refractivity contribution in [3.63, 3.8) is 0 Å². The molecule has 0 aliphatic carbocycles. The van der Waals surface area contributed by atoms with Gasteiger partial charge in [-0.15, -0.1) is 11.3 Å². The van der Waals surface area contributed by atoms with Crippen LogP contribution < -0.4 is 10.0 Å². The zero-order chi connectivity index (χ0) is 14.8. The number of para-hydroxylation sites is 1. The summed E-state index contributed by atoms with van der Waals surface area (Å²) in [7, 11) is -1.73. The smallest absolute Gasteiger partial charge is 0.272 e. The summed E-state index contributed by atoms with van der Waals surface area (Å²) in [5.41, 5.74) is 1.50. The monoisotopic (exact) mass is 374 g/mol. The molecule has 0 bridgehead atoms. The molecule has 20 heavy (non-hydrogen) atoms. The van der Waals surface area contributed by atoms with Gasteiger partial charge < -0.3 is 5.32 Å². The maximum atomic E-state index is 12.4. The first-order chi connectivity index (χ1) is 9.45. The molecule has 0 radical (unpaired) electrons. The normalized spacial score (nSPS) is 13.2. The first kappa shape index (κ1) is 15.5. The van der Waals surface area contributed by atoms with Crippen molar-refractivity contribution < 1.29 is 8.42 Å². The van der Waals surface area contributed by atoms with Crippen LogP contribution in [0.25, 0.3) is 0 Å². The van der Waals surface area contributed by atoms with E-state index in [4.69, 9.17) is 0 Å². The molecule has 7 heteroatoms. The molecule has 4 nitrogen and oxygen atoms in total. The van der Waals surface area contributed by atoms with Crippen molar-refractivity contribution >= 4 is 43.0 Å². The van der Waals surface area contributed by atoms with E-state index in [1.807, 2.05) is 32.2 Å². The highest BCUT2D eigenvalue weighted by Crippen LogP contribution is 2.31. The van der Waals surface area contributed by atoms with Gasteiger partial charge in [-0.1, -0.05) is 18.2 Å². The third kappa shape index (κ3) is 3.22. The van der Waals surface area contributed by atoms with Crippen LogP contribution in [-0.2, 0) is 10.0 Å². The maximum absolute atomic E-state index is 12.4. The van der Waals surface area contributed by atoms with Gasteiger partial charge in [0.1, 0.15) is 0 Å². The number of benzene rings is 1. The number of anilines is 1. The molecule has 2 N–H and O–H groups in total. The van der Waals surface area contributed by atoms with E-state index in [9.17, 15) is 8.42 Å². The van der Waals surface area contributed by atoms with Crippen LogP contribution in [0.5, 0.6) is 0 Å². The van der Waals surface area contributed by atoms with Gasteiger partial charge in [0.25, 0.3) is 10.0 Å². The molecular formula is C13H15BrN2O2S2. The lowest BCUT2D eigenvalue weighted by Gasteiger charge is -2.16. The Bertz CT molecular complexity index is 698. The van der Waals surface area contributed by atoms with Crippen LogP contribution in [0, 0.1) is 0 Å². The van der Waals surface area contributed by atoms with E-state index in [1.165, 1.54) is 11.3 Å². The van der Waals surface area contributed by atoms with E-state index in [1.54, 1.807) is 17.5 Å². The molecule has 0 amide bonds. The van der Waals surface area contributed by atoms with Gasteiger partial charge in [0.05, 0.1) is 5.69 Å². The van der Waals surface area contributed by atoms with Crippen molar-refractivity contribution in [1.29, 1.82) is 0 Å². The number of nitrogens with one attached hydrogen (secondary N) is 2. The lowest BCUT2D eigenvalue weighted by atomic mass is 10.1. The Morgan fingerprint density at radius 1 is 1.25 bits per heavy atom. The van der Waals surface area contributed by atoms with Gasteiger partial charge in [-0.3, -0.25) is 4.72 Å². The van der Waals surface area contributed by atoms with Crippen molar-refractivity contribution in [3.8, 4) is 0 Å². The number of sulfonamides is 1. The van der Waals surface area contributed by atoms with Crippen LogP contribution in [0.4, 0.5) is 5.69 Å². The quantitative estimate of drug-likeness (QED) is 0.840. The Hall–Kier alpha value is -0.890. The summed E-state index contributed by atoms with van der Waals surface area (Å²) < 4.78 is 28.3. The average molecular weight is 375 g/mol. The summed E-state index contributed by atoms with van der Waals surface area (Å²) in [5.74, 6) is 0. The summed E-state index contributed by atoms with van der Waals surface area (Å²) in [4.78, 5) is 0. The van der Waals surface area contributed by atoms with Crippen LogP contribution in [0.2, 0.25) is 0 Å². The molecule has 1 atom stereocenters. The summed E-state index contributed by atoms with van der Waals surface area (Å²) in [6.45, 7) is 1.98. The molecule has 0 spiro atoms. The molecule has 0 aliphatic heterocycles. The lowest BCUT2D eigenvalue weighted by molar-refractivity contribution is 0.602. The number of halogens is 1. The first-order valence-corrected chi connectivity index (χ1v) is 9.13. The number of rotatable bonds is 5. The van der Waals surface area contributed by atoms with Crippen LogP contribution in [0.3, 0.4) is 0 Å². The second kappa shape index (κ2) is 6.26. The summed E-state index contributed by atoms with van der Waals surface area (Å²) >= 11 is 4.44. The zero-order valence-electron chi connectivity index (χ0n) is 11.1. The van der Waals surface area contributed by atoms with E-state index in [2.05, 4.69) is 26.0 Å². The number of thiophene rings is 1. The molecular weight excluding hydrogens is 360 g/mol. The third-order valence-corrected chi connectivity index (χ3v) is 6.97. The van der Waals surface area contributed by atoms with E-state index < -0.39 is 10.0 Å². The molecule has 0 saturated heterocycles.